The van der Waals surface area contributed by atoms with Crippen LogP contribution < -0.4 is 0 Å². The molecule has 0 amide bonds. The fourth-order valence-electron chi connectivity index (χ4n) is 0.361. The third-order valence-electron chi connectivity index (χ3n) is 0.896. The van der Waals surface area contributed by atoms with E-state index in [4.69, 9.17) is 25.5 Å². The summed E-state index contributed by atoms with van der Waals surface area (Å²) < 4.78 is 8.62. The van der Waals surface area contributed by atoms with Gasteiger partial charge < -0.3 is 35.0 Å². The Balaban J connectivity index is -0.000000196. The smallest absolute Gasteiger partial charge is 0.450 e. The monoisotopic (exact) mass is 270 g/mol. The lowest BCUT2D eigenvalue weighted by atomic mass is 10.7. The first kappa shape index (κ1) is 22.0. The lowest BCUT2D eigenvalue weighted by molar-refractivity contribution is 0.0650. The SMILES string of the molecule is C=CCOC(=O)O.OCCO.OCCOCCO. The summed E-state index contributed by atoms with van der Waals surface area (Å²) >= 11 is 0. The minimum absolute atomic E-state index is 0.0278. The van der Waals surface area contributed by atoms with Crippen molar-refractivity contribution in [1.82, 2.24) is 0 Å². The van der Waals surface area contributed by atoms with Gasteiger partial charge in [-0.05, 0) is 0 Å². The molecule has 8 heteroatoms. The average molecular weight is 270 g/mol. The van der Waals surface area contributed by atoms with E-state index in [0.717, 1.165) is 0 Å². The number of aliphatic hydroxyl groups excluding tert-OH is 4. The van der Waals surface area contributed by atoms with Crippen LogP contribution in [0, 0.1) is 0 Å². The van der Waals surface area contributed by atoms with Gasteiger partial charge in [0.2, 0.25) is 0 Å². The second-order valence-electron chi connectivity index (χ2n) is 2.37. The molecule has 0 aromatic rings. The average Bonchev–Trinajstić information content (AvgIpc) is 2.38. The van der Waals surface area contributed by atoms with E-state index in [1.54, 1.807) is 0 Å². The summed E-state index contributed by atoms with van der Waals surface area (Å²) in [6, 6.07) is 0. The van der Waals surface area contributed by atoms with Crippen LogP contribution in [0.2, 0.25) is 0 Å². The van der Waals surface area contributed by atoms with Gasteiger partial charge in [0.05, 0.1) is 39.6 Å². The molecule has 0 saturated heterocycles. The molecule has 8 nitrogen and oxygen atoms in total. The maximum Gasteiger partial charge on any atom is 0.506 e. The fourth-order valence-corrected chi connectivity index (χ4v) is 0.361. The van der Waals surface area contributed by atoms with Crippen molar-refractivity contribution in [3.8, 4) is 0 Å². The number of carboxylic acid groups (broad SMARTS) is 1. The third kappa shape index (κ3) is 46.3. The van der Waals surface area contributed by atoms with Crippen LogP contribution >= 0.6 is 0 Å². The molecule has 110 valence electrons. The Labute approximate surface area is 106 Å². The van der Waals surface area contributed by atoms with E-state index in [1.807, 2.05) is 0 Å². The van der Waals surface area contributed by atoms with Crippen LogP contribution in [0.1, 0.15) is 0 Å². The third-order valence-corrected chi connectivity index (χ3v) is 0.896. The van der Waals surface area contributed by atoms with Crippen molar-refractivity contribution in [3.05, 3.63) is 12.7 Å². The molecule has 0 aliphatic rings. The van der Waals surface area contributed by atoms with Crippen LogP contribution in [0.25, 0.3) is 0 Å². The van der Waals surface area contributed by atoms with E-state index in [9.17, 15) is 4.79 Å². The highest BCUT2D eigenvalue weighted by Gasteiger charge is 1.87. The Morgan fingerprint density at radius 2 is 1.44 bits per heavy atom. The quantitative estimate of drug-likeness (QED) is 0.222. The van der Waals surface area contributed by atoms with Crippen LogP contribution in [0.4, 0.5) is 4.79 Å². The maximum absolute atomic E-state index is 9.49. The molecule has 0 rings (SSSR count). The number of rotatable bonds is 7. The van der Waals surface area contributed by atoms with Crippen molar-refractivity contribution in [2.24, 2.45) is 0 Å². The second kappa shape index (κ2) is 24.9. The molecule has 5 N–H and O–H groups in total. The van der Waals surface area contributed by atoms with Crippen LogP contribution in [-0.4, -0.2) is 77.9 Å². The van der Waals surface area contributed by atoms with Gasteiger partial charge in [0.15, 0.2) is 0 Å². The van der Waals surface area contributed by atoms with Gasteiger partial charge in [0, 0.05) is 0 Å². The van der Waals surface area contributed by atoms with E-state index in [-0.39, 0.29) is 33.0 Å². The highest BCUT2D eigenvalue weighted by atomic mass is 16.7. The van der Waals surface area contributed by atoms with E-state index in [1.165, 1.54) is 6.08 Å². The van der Waals surface area contributed by atoms with Crippen LogP contribution in [0.3, 0.4) is 0 Å². The summed E-state index contributed by atoms with van der Waals surface area (Å²) in [4.78, 5) is 9.49. The minimum Gasteiger partial charge on any atom is -0.450 e. The highest BCUT2D eigenvalue weighted by Crippen LogP contribution is 1.73. The molecule has 18 heavy (non-hydrogen) atoms. The highest BCUT2D eigenvalue weighted by molar-refractivity contribution is 5.56. The van der Waals surface area contributed by atoms with Gasteiger partial charge in [-0.3, -0.25) is 0 Å². The molecule has 0 radical (unpaired) electrons. The Hall–Kier alpha value is -1.19. The molecule has 0 aliphatic carbocycles. The van der Waals surface area contributed by atoms with Gasteiger partial charge in [-0.1, -0.05) is 12.7 Å². The van der Waals surface area contributed by atoms with Gasteiger partial charge in [-0.15, -0.1) is 0 Å². The first-order valence-electron chi connectivity index (χ1n) is 5.08. The van der Waals surface area contributed by atoms with Crippen LogP contribution in [-0.2, 0) is 9.47 Å². The molecule has 0 aliphatic heterocycles. The van der Waals surface area contributed by atoms with Gasteiger partial charge in [0.1, 0.15) is 6.61 Å². The van der Waals surface area contributed by atoms with Crippen molar-refractivity contribution in [2.75, 3.05) is 46.2 Å². The van der Waals surface area contributed by atoms with E-state index in [0.29, 0.717) is 13.2 Å². The molecule has 0 fully saturated rings. The summed E-state index contributed by atoms with van der Waals surface area (Å²) in [5.41, 5.74) is 0. The second-order valence-corrected chi connectivity index (χ2v) is 2.37. The number of hydrogen-bond acceptors (Lipinski definition) is 7. The Morgan fingerprint density at radius 1 is 1.00 bits per heavy atom. The van der Waals surface area contributed by atoms with E-state index >= 15 is 0 Å². The summed E-state index contributed by atoms with van der Waals surface area (Å²) in [5, 5.41) is 39.2. The zero-order valence-electron chi connectivity index (χ0n) is 10.2. The lowest BCUT2D eigenvalue weighted by Crippen LogP contribution is -2.03. The van der Waals surface area contributed by atoms with E-state index in [2.05, 4.69) is 16.1 Å². The molecule has 0 unspecified atom stereocenters. The number of aliphatic hydroxyl groups is 4. The van der Waals surface area contributed by atoms with Crippen molar-refractivity contribution < 1.29 is 39.8 Å². The zero-order chi connectivity index (χ0) is 14.6. The first-order chi connectivity index (χ1) is 8.60. The zero-order valence-corrected chi connectivity index (χ0v) is 10.2. The molecule has 0 heterocycles. The van der Waals surface area contributed by atoms with E-state index < -0.39 is 6.16 Å². The van der Waals surface area contributed by atoms with Crippen molar-refractivity contribution >= 4 is 6.16 Å². The largest absolute Gasteiger partial charge is 0.506 e. The molecule has 0 atom stereocenters. The Kier molecular flexibility index (Phi) is 30.4. The van der Waals surface area contributed by atoms with Crippen molar-refractivity contribution in [2.45, 2.75) is 0 Å². The van der Waals surface area contributed by atoms with Crippen molar-refractivity contribution in [1.29, 1.82) is 0 Å². The number of ether oxygens (including phenoxy) is 2. The fraction of sp³-hybridized carbons (Fsp3) is 0.700. The molecule has 0 saturated carbocycles. The summed E-state index contributed by atoms with van der Waals surface area (Å²) in [7, 11) is 0. The van der Waals surface area contributed by atoms with Crippen LogP contribution in [0.5, 0.6) is 0 Å². The summed E-state index contributed by atoms with van der Waals surface area (Å²) in [6.07, 6.45) is 0.105. The lowest BCUT2D eigenvalue weighted by Gasteiger charge is -1.94. The van der Waals surface area contributed by atoms with Gasteiger partial charge in [-0.25, -0.2) is 4.79 Å². The van der Waals surface area contributed by atoms with Gasteiger partial charge in [0.25, 0.3) is 0 Å². The summed E-state index contributed by atoms with van der Waals surface area (Å²) in [5.74, 6) is 0. The Morgan fingerprint density at radius 3 is 1.61 bits per heavy atom. The molecule has 0 aromatic heterocycles. The van der Waals surface area contributed by atoms with Gasteiger partial charge in [-0.2, -0.15) is 0 Å². The number of carbonyl (C=O) groups is 1. The topological polar surface area (TPSA) is 137 Å². The normalized spacial score (nSPS) is 8.22. The molecule has 0 aromatic carbocycles. The number of hydrogen-bond donors (Lipinski definition) is 5. The standard InChI is InChI=1S/C4H10O3.C4H6O3.C2H6O2/c5-1-3-7-4-2-6;1-2-3-7-4(5)6;3-1-2-4/h5-6H,1-4H2;2H,1,3H2,(H,5,6);3-4H,1-2H2. The molecule has 0 spiro atoms. The molecular weight excluding hydrogens is 248 g/mol. The maximum atomic E-state index is 9.49. The van der Waals surface area contributed by atoms with Gasteiger partial charge >= 0.3 is 6.16 Å². The minimum atomic E-state index is -1.26. The Bertz CT molecular complexity index is 156. The first-order valence-corrected chi connectivity index (χ1v) is 5.08. The van der Waals surface area contributed by atoms with Crippen LogP contribution in [0.15, 0.2) is 12.7 Å². The summed E-state index contributed by atoms with van der Waals surface area (Å²) in [6.45, 7) is 3.75. The predicted octanol–water partition coefficient (Wildman–Crippen LogP) is -1.17. The predicted molar refractivity (Wildman–Crippen MR) is 63.3 cm³/mol. The molecular formula is C10H22O8. The molecule has 0 bridgehead atoms. The van der Waals surface area contributed by atoms with Crippen molar-refractivity contribution in [3.63, 3.8) is 0 Å².